The van der Waals surface area contributed by atoms with Crippen molar-refractivity contribution < 1.29 is 23.8 Å². The first-order valence-corrected chi connectivity index (χ1v) is 8.09. The maximum absolute atomic E-state index is 11.4. The van der Waals surface area contributed by atoms with Crippen LogP contribution >= 0.6 is 0 Å². The maximum atomic E-state index is 11.4. The van der Waals surface area contributed by atoms with Crippen molar-refractivity contribution in [3.05, 3.63) is 0 Å². The number of rotatable bonds is 14. The van der Waals surface area contributed by atoms with E-state index in [1.54, 1.807) is 0 Å². The molecule has 0 aromatic heterocycles. The first-order valence-electron chi connectivity index (χ1n) is 8.09. The molecule has 0 aliphatic heterocycles. The highest BCUT2D eigenvalue weighted by Crippen LogP contribution is 2.05. The third-order valence-corrected chi connectivity index (χ3v) is 2.99. The normalized spacial score (nSPS) is 10.4. The predicted molar refractivity (Wildman–Crippen MR) is 81.0 cm³/mol. The van der Waals surface area contributed by atoms with E-state index in [2.05, 4.69) is 6.92 Å². The van der Waals surface area contributed by atoms with Crippen molar-refractivity contribution in [2.45, 2.75) is 65.2 Å². The summed E-state index contributed by atoms with van der Waals surface area (Å²) in [7, 11) is 0. The summed E-state index contributed by atoms with van der Waals surface area (Å²) in [5.74, 6) is -0.712. The molecule has 0 atom stereocenters. The standard InChI is InChI=1S/C16H30O5/c1-3-5-6-7-8-9-12-20-15(17)10-11-16(18)21-14-13-19-4-2/h3-14H2,1-2H3. The fraction of sp³-hybridized carbons (Fsp3) is 0.875. The molecule has 0 bridgehead atoms. The van der Waals surface area contributed by atoms with Gasteiger partial charge in [0.2, 0.25) is 0 Å². The molecule has 0 radical (unpaired) electrons. The summed E-state index contributed by atoms with van der Waals surface area (Å²) < 4.78 is 15.0. The summed E-state index contributed by atoms with van der Waals surface area (Å²) in [5, 5.41) is 0. The second kappa shape index (κ2) is 15.3. The molecule has 124 valence electrons. The average molecular weight is 302 g/mol. The molecule has 0 fully saturated rings. The van der Waals surface area contributed by atoms with E-state index in [1.165, 1.54) is 25.7 Å². The molecule has 0 amide bonds. The quantitative estimate of drug-likeness (QED) is 0.364. The van der Waals surface area contributed by atoms with E-state index in [9.17, 15) is 9.59 Å². The maximum Gasteiger partial charge on any atom is 0.306 e. The van der Waals surface area contributed by atoms with Crippen molar-refractivity contribution in [1.29, 1.82) is 0 Å². The van der Waals surface area contributed by atoms with Gasteiger partial charge in [-0.05, 0) is 13.3 Å². The van der Waals surface area contributed by atoms with E-state index >= 15 is 0 Å². The van der Waals surface area contributed by atoms with E-state index in [1.807, 2.05) is 6.92 Å². The van der Waals surface area contributed by atoms with E-state index in [0.717, 1.165) is 12.8 Å². The number of carbonyl (C=O) groups is 2. The zero-order valence-electron chi connectivity index (χ0n) is 13.5. The van der Waals surface area contributed by atoms with E-state index in [-0.39, 0.29) is 31.4 Å². The Morgan fingerprint density at radius 3 is 1.90 bits per heavy atom. The minimum Gasteiger partial charge on any atom is -0.466 e. The lowest BCUT2D eigenvalue weighted by Crippen LogP contribution is -2.13. The molecule has 0 aliphatic carbocycles. The lowest BCUT2D eigenvalue weighted by Gasteiger charge is -2.06. The highest BCUT2D eigenvalue weighted by molar-refractivity contribution is 5.77. The zero-order valence-corrected chi connectivity index (χ0v) is 13.5. The van der Waals surface area contributed by atoms with Gasteiger partial charge in [-0.15, -0.1) is 0 Å². The molecule has 5 heteroatoms. The van der Waals surface area contributed by atoms with Crippen LogP contribution in [0.4, 0.5) is 0 Å². The first kappa shape index (κ1) is 19.9. The minimum absolute atomic E-state index is 0.0709. The molecule has 0 aromatic rings. The topological polar surface area (TPSA) is 61.8 Å². The fourth-order valence-corrected chi connectivity index (χ4v) is 1.78. The largest absolute Gasteiger partial charge is 0.466 e. The van der Waals surface area contributed by atoms with Crippen LogP contribution in [0.5, 0.6) is 0 Å². The van der Waals surface area contributed by atoms with Gasteiger partial charge in [0.05, 0.1) is 26.1 Å². The van der Waals surface area contributed by atoms with Gasteiger partial charge in [-0.3, -0.25) is 9.59 Å². The SMILES string of the molecule is CCCCCCCCOC(=O)CCC(=O)OCCOCC. The minimum atomic E-state index is -0.383. The number of hydrogen-bond acceptors (Lipinski definition) is 5. The first-order chi connectivity index (χ1) is 10.2. The molecule has 0 N–H and O–H groups in total. The lowest BCUT2D eigenvalue weighted by molar-refractivity contribution is -0.151. The van der Waals surface area contributed by atoms with Gasteiger partial charge in [0.1, 0.15) is 6.61 Å². The Balaban J connectivity index is 3.35. The summed E-state index contributed by atoms with van der Waals surface area (Å²) in [6.07, 6.45) is 7.09. The Labute approximate surface area is 128 Å². The third kappa shape index (κ3) is 15.1. The number of esters is 2. The van der Waals surface area contributed by atoms with E-state index in [0.29, 0.717) is 19.8 Å². The van der Waals surface area contributed by atoms with Crippen LogP contribution in [0, 0.1) is 0 Å². The highest BCUT2D eigenvalue weighted by atomic mass is 16.6. The monoisotopic (exact) mass is 302 g/mol. The van der Waals surface area contributed by atoms with Gasteiger partial charge in [0, 0.05) is 6.61 Å². The molecule has 0 spiro atoms. The second-order valence-corrected chi connectivity index (χ2v) is 4.91. The van der Waals surface area contributed by atoms with Gasteiger partial charge in [-0.1, -0.05) is 39.0 Å². The molecule has 5 nitrogen and oxygen atoms in total. The summed E-state index contributed by atoms with van der Waals surface area (Å²) in [5.41, 5.74) is 0. The molecule has 0 heterocycles. The Morgan fingerprint density at radius 1 is 0.714 bits per heavy atom. The molecule has 0 aliphatic rings. The molecule has 0 saturated heterocycles. The molecule has 21 heavy (non-hydrogen) atoms. The Hall–Kier alpha value is -1.10. The van der Waals surface area contributed by atoms with Gasteiger partial charge < -0.3 is 14.2 Å². The van der Waals surface area contributed by atoms with Crippen LogP contribution in [-0.4, -0.2) is 38.4 Å². The number of carbonyl (C=O) groups excluding carboxylic acids is 2. The predicted octanol–water partition coefficient (Wildman–Crippen LogP) is 3.25. The fourth-order valence-electron chi connectivity index (χ4n) is 1.78. The van der Waals surface area contributed by atoms with Crippen LogP contribution in [0.25, 0.3) is 0 Å². The molecule has 0 unspecified atom stereocenters. The number of hydrogen-bond donors (Lipinski definition) is 0. The second-order valence-electron chi connectivity index (χ2n) is 4.91. The van der Waals surface area contributed by atoms with Crippen LogP contribution in [0.15, 0.2) is 0 Å². The van der Waals surface area contributed by atoms with Crippen molar-refractivity contribution in [3.63, 3.8) is 0 Å². The van der Waals surface area contributed by atoms with E-state index < -0.39 is 0 Å². The van der Waals surface area contributed by atoms with E-state index in [4.69, 9.17) is 14.2 Å². The number of ether oxygens (including phenoxy) is 3. The molecular formula is C16H30O5. The van der Waals surface area contributed by atoms with Crippen LogP contribution < -0.4 is 0 Å². The van der Waals surface area contributed by atoms with Crippen molar-refractivity contribution in [2.24, 2.45) is 0 Å². The third-order valence-electron chi connectivity index (χ3n) is 2.99. The van der Waals surface area contributed by atoms with Crippen molar-refractivity contribution in [2.75, 3.05) is 26.4 Å². The Bertz CT molecular complexity index is 265. The van der Waals surface area contributed by atoms with Crippen LogP contribution in [-0.2, 0) is 23.8 Å². The van der Waals surface area contributed by atoms with Gasteiger partial charge in [-0.25, -0.2) is 0 Å². The lowest BCUT2D eigenvalue weighted by atomic mass is 10.1. The van der Waals surface area contributed by atoms with Crippen molar-refractivity contribution in [3.8, 4) is 0 Å². The van der Waals surface area contributed by atoms with Gasteiger partial charge in [0.15, 0.2) is 0 Å². The summed E-state index contributed by atoms with van der Waals surface area (Å²) in [4.78, 5) is 22.7. The molecule has 0 aromatic carbocycles. The smallest absolute Gasteiger partial charge is 0.306 e. The zero-order chi connectivity index (χ0) is 15.8. The van der Waals surface area contributed by atoms with Gasteiger partial charge in [-0.2, -0.15) is 0 Å². The Morgan fingerprint density at radius 2 is 1.29 bits per heavy atom. The van der Waals surface area contributed by atoms with Gasteiger partial charge in [0.25, 0.3) is 0 Å². The average Bonchev–Trinajstić information content (AvgIpc) is 2.48. The Kier molecular flexibility index (Phi) is 14.5. The van der Waals surface area contributed by atoms with Crippen LogP contribution in [0.3, 0.4) is 0 Å². The highest BCUT2D eigenvalue weighted by Gasteiger charge is 2.08. The summed E-state index contributed by atoms with van der Waals surface area (Å²) in [6, 6.07) is 0. The summed E-state index contributed by atoms with van der Waals surface area (Å²) in [6.45, 7) is 5.74. The van der Waals surface area contributed by atoms with Gasteiger partial charge >= 0.3 is 11.9 Å². The van der Waals surface area contributed by atoms with Crippen molar-refractivity contribution >= 4 is 11.9 Å². The van der Waals surface area contributed by atoms with Crippen LogP contribution in [0.2, 0.25) is 0 Å². The van der Waals surface area contributed by atoms with Crippen molar-refractivity contribution in [1.82, 2.24) is 0 Å². The number of unbranched alkanes of at least 4 members (excludes halogenated alkanes) is 5. The summed E-state index contributed by atoms with van der Waals surface area (Å²) >= 11 is 0. The molecule has 0 rings (SSSR count). The van der Waals surface area contributed by atoms with Crippen LogP contribution in [0.1, 0.15) is 65.2 Å². The molecule has 0 saturated carbocycles. The molecular weight excluding hydrogens is 272 g/mol.